The zero-order valence-corrected chi connectivity index (χ0v) is 12.9. The molecule has 0 aliphatic heterocycles. The lowest BCUT2D eigenvalue weighted by Crippen LogP contribution is -2.22. The van der Waals surface area contributed by atoms with Crippen LogP contribution >= 0.6 is 0 Å². The lowest BCUT2D eigenvalue weighted by molar-refractivity contribution is -0.121. The van der Waals surface area contributed by atoms with Crippen LogP contribution in [0.3, 0.4) is 0 Å². The highest BCUT2D eigenvalue weighted by atomic mass is 16.5. The summed E-state index contributed by atoms with van der Waals surface area (Å²) in [5.41, 5.74) is 1.64. The number of carboxylic acids is 1. The largest absolute Gasteiger partial charge is 0.476 e. The van der Waals surface area contributed by atoms with Gasteiger partial charge in [0.2, 0.25) is 5.91 Å². The maximum Gasteiger partial charge on any atom is 0.356 e. The first-order valence-electron chi connectivity index (χ1n) is 7.24. The molecular formula is C16H19N3O4. The normalized spacial score (nSPS) is 10.5. The van der Waals surface area contributed by atoms with Crippen molar-refractivity contribution in [1.29, 1.82) is 0 Å². The lowest BCUT2D eigenvalue weighted by Gasteiger charge is -2.07. The third-order valence-corrected chi connectivity index (χ3v) is 3.23. The van der Waals surface area contributed by atoms with Crippen molar-refractivity contribution in [2.45, 2.75) is 19.4 Å². The van der Waals surface area contributed by atoms with E-state index in [9.17, 15) is 9.59 Å². The molecule has 0 saturated heterocycles. The number of ether oxygens (including phenoxy) is 1. The van der Waals surface area contributed by atoms with Gasteiger partial charge in [0.25, 0.3) is 0 Å². The van der Waals surface area contributed by atoms with E-state index in [2.05, 4.69) is 10.4 Å². The Morgan fingerprint density at radius 2 is 2.17 bits per heavy atom. The fourth-order valence-corrected chi connectivity index (χ4v) is 2.06. The molecule has 1 aromatic heterocycles. The van der Waals surface area contributed by atoms with Gasteiger partial charge in [0.15, 0.2) is 5.69 Å². The van der Waals surface area contributed by atoms with Crippen molar-refractivity contribution in [2.75, 3.05) is 13.7 Å². The van der Waals surface area contributed by atoms with Crippen LogP contribution in [0, 0.1) is 0 Å². The van der Waals surface area contributed by atoms with Crippen molar-refractivity contribution in [2.24, 2.45) is 0 Å². The van der Waals surface area contributed by atoms with Gasteiger partial charge in [0.1, 0.15) is 0 Å². The van der Waals surface area contributed by atoms with Crippen LogP contribution in [-0.2, 0) is 16.1 Å². The minimum Gasteiger partial charge on any atom is -0.476 e. The number of aromatic carboxylic acids is 1. The number of rotatable bonds is 8. The zero-order valence-electron chi connectivity index (χ0n) is 12.9. The molecule has 7 heteroatoms. The molecule has 0 aliphatic carbocycles. The number of carboxylic acid groups (broad SMARTS) is 1. The van der Waals surface area contributed by atoms with E-state index >= 15 is 0 Å². The third kappa shape index (κ3) is 4.93. The first-order chi connectivity index (χ1) is 11.1. The van der Waals surface area contributed by atoms with Crippen LogP contribution in [0.25, 0.3) is 5.69 Å². The monoisotopic (exact) mass is 317 g/mol. The Morgan fingerprint density at radius 3 is 2.87 bits per heavy atom. The van der Waals surface area contributed by atoms with Crippen LogP contribution in [0.15, 0.2) is 36.5 Å². The fourth-order valence-electron chi connectivity index (χ4n) is 2.06. The van der Waals surface area contributed by atoms with Crippen molar-refractivity contribution in [3.63, 3.8) is 0 Å². The Labute approximate surface area is 133 Å². The first kappa shape index (κ1) is 16.7. The maximum absolute atomic E-state index is 11.7. The van der Waals surface area contributed by atoms with Gasteiger partial charge in [-0.1, -0.05) is 12.1 Å². The van der Waals surface area contributed by atoms with Crippen LogP contribution < -0.4 is 5.32 Å². The molecule has 0 atom stereocenters. The number of carbonyl (C=O) groups is 2. The van der Waals surface area contributed by atoms with Gasteiger partial charge in [0.05, 0.1) is 5.69 Å². The number of benzene rings is 1. The molecule has 0 saturated carbocycles. The number of methoxy groups -OCH3 is 1. The predicted molar refractivity (Wildman–Crippen MR) is 83.5 cm³/mol. The summed E-state index contributed by atoms with van der Waals surface area (Å²) < 4.78 is 6.40. The highest BCUT2D eigenvalue weighted by Crippen LogP contribution is 2.11. The van der Waals surface area contributed by atoms with Crippen LogP contribution in [-0.4, -0.2) is 40.5 Å². The van der Waals surface area contributed by atoms with Crippen LogP contribution in [0.2, 0.25) is 0 Å². The zero-order chi connectivity index (χ0) is 16.7. The Bertz CT molecular complexity index is 681. The first-order valence-corrected chi connectivity index (χ1v) is 7.24. The summed E-state index contributed by atoms with van der Waals surface area (Å²) in [6.07, 6.45) is 2.70. The molecule has 1 heterocycles. The molecule has 1 amide bonds. The molecule has 1 aromatic carbocycles. The highest BCUT2D eigenvalue weighted by Gasteiger charge is 2.08. The van der Waals surface area contributed by atoms with Gasteiger partial charge in [-0.25, -0.2) is 9.48 Å². The van der Waals surface area contributed by atoms with E-state index in [-0.39, 0.29) is 11.6 Å². The molecule has 0 spiro atoms. The number of carbonyl (C=O) groups excluding carboxylic acids is 1. The predicted octanol–water partition coefficient (Wildman–Crippen LogP) is 1.61. The van der Waals surface area contributed by atoms with E-state index in [1.165, 1.54) is 10.7 Å². The summed E-state index contributed by atoms with van der Waals surface area (Å²) in [6, 6.07) is 8.84. The summed E-state index contributed by atoms with van der Waals surface area (Å²) in [4.78, 5) is 22.5. The summed E-state index contributed by atoms with van der Waals surface area (Å²) in [7, 11) is 1.61. The Balaban J connectivity index is 1.96. The summed E-state index contributed by atoms with van der Waals surface area (Å²) in [5, 5.41) is 15.7. The standard InChI is InChI=1S/C16H19N3O4/c1-23-9-3-6-15(20)17-11-12-4-2-5-13(10-12)19-8-7-14(18-19)16(21)22/h2,4-5,7-8,10H,3,6,9,11H2,1H3,(H,17,20)(H,21,22). The Kier molecular flexibility index (Phi) is 5.87. The molecule has 0 radical (unpaired) electrons. The van der Waals surface area contributed by atoms with Gasteiger partial charge >= 0.3 is 5.97 Å². The van der Waals surface area contributed by atoms with E-state index in [0.717, 1.165) is 11.3 Å². The Morgan fingerprint density at radius 1 is 1.35 bits per heavy atom. The van der Waals surface area contributed by atoms with Gasteiger partial charge in [0, 0.05) is 32.9 Å². The van der Waals surface area contributed by atoms with Gasteiger partial charge < -0.3 is 15.2 Å². The number of hydrogen-bond donors (Lipinski definition) is 2. The van der Waals surface area contributed by atoms with E-state index in [4.69, 9.17) is 9.84 Å². The molecule has 2 rings (SSSR count). The molecule has 0 bridgehead atoms. The smallest absolute Gasteiger partial charge is 0.356 e. The minimum absolute atomic E-state index is 0.0122. The van der Waals surface area contributed by atoms with Gasteiger partial charge in [-0.3, -0.25) is 4.79 Å². The molecule has 23 heavy (non-hydrogen) atoms. The summed E-state index contributed by atoms with van der Waals surface area (Å²) in [6.45, 7) is 0.973. The SMILES string of the molecule is COCCCC(=O)NCc1cccc(-n2ccc(C(=O)O)n2)c1. The van der Waals surface area contributed by atoms with Crippen LogP contribution in [0.4, 0.5) is 0 Å². The molecular weight excluding hydrogens is 298 g/mol. The van der Waals surface area contributed by atoms with Gasteiger partial charge in [-0.2, -0.15) is 5.10 Å². The second-order valence-electron chi connectivity index (χ2n) is 4.99. The molecule has 0 unspecified atom stereocenters. The molecule has 7 nitrogen and oxygen atoms in total. The minimum atomic E-state index is -1.07. The van der Waals surface area contributed by atoms with Crippen molar-refractivity contribution in [1.82, 2.24) is 15.1 Å². The van der Waals surface area contributed by atoms with Gasteiger partial charge in [-0.05, 0) is 30.2 Å². The van der Waals surface area contributed by atoms with Crippen molar-refractivity contribution in [3.05, 3.63) is 47.8 Å². The lowest BCUT2D eigenvalue weighted by atomic mass is 10.2. The average Bonchev–Trinajstić information content (AvgIpc) is 3.04. The quantitative estimate of drug-likeness (QED) is 0.722. The van der Waals surface area contributed by atoms with E-state index in [1.54, 1.807) is 13.3 Å². The van der Waals surface area contributed by atoms with Crippen LogP contribution in [0.1, 0.15) is 28.9 Å². The molecule has 2 N–H and O–H groups in total. The van der Waals surface area contributed by atoms with E-state index in [1.807, 2.05) is 24.3 Å². The summed E-state index contributed by atoms with van der Waals surface area (Å²) >= 11 is 0. The number of nitrogens with one attached hydrogen (secondary N) is 1. The number of amides is 1. The number of nitrogens with zero attached hydrogens (tertiary/aromatic N) is 2. The van der Waals surface area contributed by atoms with E-state index < -0.39 is 5.97 Å². The highest BCUT2D eigenvalue weighted by molar-refractivity contribution is 5.85. The number of hydrogen-bond acceptors (Lipinski definition) is 4. The summed E-state index contributed by atoms with van der Waals surface area (Å²) in [5.74, 6) is -1.09. The van der Waals surface area contributed by atoms with Crippen molar-refractivity contribution in [3.8, 4) is 5.69 Å². The number of aromatic nitrogens is 2. The third-order valence-electron chi connectivity index (χ3n) is 3.23. The van der Waals surface area contributed by atoms with E-state index in [0.29, 0.717) is 26.0 Å². The molecule has 2 aromatic rings. The second kappa shape index (κ2) is 8.09. The van der Waals surface area contributed by atoms with Gasteiger partial charge in [-0.15, -0.1) is 0 Å². The fraction of sp³-hybridized carbons (Fsp3) is 0.312. The molecule has 0 aliphatic rings. The second-order valence-corrected chi connectivity index (χ2v) is 4.99. The Hall–Kier alpha value is -2.67. The average molecular weight is 317 g/mol. The molecule has 0 fully saturated rings. The van der Waals surface area contributed by atoms with Crippen LogP contribution in [0.5, 0.6) is 0 Å². The van der Waals surface area contributed by atoms with Crippen molar-refractivity contribution >= 4 is 11.9 Å². The topological polar surface area (TPSA) is 93.5 Å². The maximum atomic E-state index is 11.7. The van der Waals surface area contributed by atoms with Crippen molar-refractivity contribution < 1.29 is 19.4 Å². The molecule has 122 valence electrons.